The molecule has 0 amide bonds. The second-order valence-corrected chi connectivity index (χ2v) is 7.45. The monoisotopic (exact) mass is 385 g/mol. The Morgan fingerprint density at radius 3 is 2.92 bits per heavy atom. The molecule has 4 N–H and O–H groups in total. The number of anilines is 1. The first-order chi connectivity index (χ1) is 12.2. The van der Waals surface area contributed by atoms with Crippen LogP contribution in [0.1, 0.15) is 31.9 Å². The van der Waals surface area contributed by atoms with Crippen molar-refractivity contribution in [3.05, 3.63) is 6.33 Å². The van der Waals surface area contributed by atoms with Crippen LogP contribution in [0.5, 0.6) is 0 Å². The molecule has 8 nitrogen and oxygen atoms in total. The molecule has 0 radical (unpaired) electrons. The van der Waals surface area contributed by atoms with Crippen LogP contribution in [0, 0.1) is 0 Å². The zero-order chi connectivity index (χ0) is 17.8. The van der Waals surface area contributed by atoms with E-state index < -0.39 is 18.4 Å². The lowest BCUT2D eigenvalue weighted by molar-refractivity contribution is -0.0457. The van der Waals surface area contributed by atoms with E-state index >= 15 is 0 Å². The van der Waals surface area contributed by atoms with Gasteiger partial charge in [0.2, 0.25) is 0 Å². The van der Waals surface area contributed by atoms with Crippen molar-refractivity contribution in [1.82, 2.24) is 19.5 Å². The zero-order valence-electron chi connectivity index (χ0n) is 13.8. The number of hydrogen-bond acceptors (Lipinski definition) is 9. The number of aliphatic hydroxyl groups excluding tert-OH is 2. The minimum Gasteiger partial charge on any atom is -0.394 e. The SMILES string of the molecule is Nc1ncnc2c1nc(SCCCCCS)n2[C@H]1C[C@H](O)[C@@H](CO)O1. The Balaban J connectivity index is 1.86. The Morgan fingerprint density at radius 2 is 2.20 bits per heavy atom. The quantitative estimate of drug-likeness (QED) is 0.304. The number of aliphatic hydroxyl groups is 2. The zero-order valence-corrected chi connectivity index (χ0v) is 15.5. The molecule has 0 aliphatic carbocycles. The topological polar surface area (TPSA) is 119 Å². The molecule has 138 valence electrons. The third kappa shape index (κ3) is 4.03. The Morgan fingerprint density at radius 1 is 1.36 bits per heavy atom. The van der Waals surface area contributed by atoms with Crippen LogP contribution < -0.4 is 5.73 Å². The van der Waals surface area contributed by atoms with Crippen LogP contribution in [0.25, 0.3) is 11.2 Å². The normalized spacial score (nSPS) is 23.6. The largest absolute Gasteiger partial charge is 0.394 e. The summed E-state index contributed by atoms with van der Waals surface area (Å²) >= 11 is 5.83. The van der Waals surface area contributed by atoms with Gasteiger partial charge in [-0.2, -0.15) is 12.6 Å². The first-order valence-corrected chi connectivity index (χ1v) is 9.94. The highest BCUT2D eigenvalue weighted by Crippen LogP contribution is 2.36. The van der Waals surface area contributed by atoms with Gasteiger partial charge >= 0.3 is 0 Å². The van der Waals surface area contributed by atoms with Crippen LogP contribution in [-0.4, -0.2) is 60.1 Å². The summed E-state index contributed by atoms with van der Waals surface area (Å²) < 4.78 is 7.66. The number of imidazole rings is 1. The van der Waals surface area contributed by atoms with E-state index in [0.29, 0.717) is 23.4 Å². The predicted molar refractivity (Wildman–Crippen MR) is 99.8 cm³/mol. The molecule has 3 rings (SSSR count). The van der Waals surface area contributed by atoms with Crippen LogP contribution in [-0.2, 0) is 4.74 Å². The molecular formula is C15H23N5O3S2. The number of nitrogens with zero attached hydrogens (tertiary/aromatic N) is 4. The van der Waals surface area contributed by atoms with Crippen LogP contribution in [0.3, 0.4) is 0 Å². The number of thiol groups is 1. The molecule has 25 heavy (non-hydrogen) atoms. The van der Waals surface area contributed by atoms with Gasteiger partial charge in [0.25, 0.3) is 0 Å². The van der Waals surface area contributed by atoms with Crippen molar-refractivity contribution in [2.24, 2.45) is 0 Å². The maximum absolute atomic E-state index is 10.1. The second-order valence-electron chi connectivity index (χ2n) is 5.94. The van der Waals surface area contributed by atoms with Crippen LogP contribution in [0.2, 0.25) is 0 Å². The minimum atomic E-state index is -0.722. The molecule has 10 heteroatoms. The molecule has 3 heterocycles. The number of rotatable bonds is 8. The third-order valence-corrected chi connectivity index (χ3v) is 5.53. The van der Waals surface area contributed by atoms with E-state index in [2.05, 4.69) is 27.6 Å². The number of thioether (sulfide) groups is 1. The minimum absolute atomic E-state index is 0.229. The fourth-order valence-corrected chi connectivity index (χ4v) is 4.11. The maximum atomic E-state index is 10.1. The Bertz CT molecular complexity index is 714. The van der Waals surface area contributed by atoms with E-state index in [0.717, 1.165) is 35.9 Å². The molecule has 2 aromatic heterocycles. The molecule has 1 aliphatic rings. The van der Waals surface area contributed by atoms with Gasteiger partial charge in [-0.15, -0.1) is 0 Å². The average Bonchev–Trinajstić information content (AvgIpc) is 3.15. The van der Waals surface area contributed by atoms with E-state index in [9.17, 15) is 10.2 Å². The van der Waals surface area contributed by atoms with Gasteiger partial charge in [-0.05, 0) is 18.6 Å². The summed E-state index contributed by atoms with van der Waals surface area (Å²) in [6, 6.07) is 0. The van der Waals surface area contributed by atoms with Gasteiger partial charge in [0, 0.05) is 12.2 Å². The maximum Gasteiger partial charge on any atom is 0.172 e. The van der Waals surface area contributed by atoms with Crippen molar-refractivity contribution in [3.63, 3.8) is 0 Å². The third-order valence-electron chi connectivity index (χ3n) is 4.18. The summed E-state index contributed by atoms with van der Waals surface area (Å²) in [4.78, 5) is 12.9. The summed E-state index contributed by atoms with van der Waals surface area (Å²) in [5.74, 6) is 2.12. The first-order valence-electron chi connectivity index (χ1n) is 8.32. The summed E-state index contributed by atoms with van der Waals surface area (Å²) in [7, 11) is 0. The molecule has 0 unspecified atom stereocenters. The van der Waals surface area contributed by atoms with E-state index in [1.165, 1.54) is 6.33 Å². The number of fused-ring (bicyclic) bond motifs is 1. The van der Waals surface area contributed by atoms with Gasteiger partial charge in [0.15, 0.2) is 22.1 Å². The number of aromatic nitrogens is 4. The van der Waals surface area contributed by atoms with Crippen molar-refractivity contribution < 1.29 is 14.9 Å². The molecule has 3 atom stereocenters. The molecule has 1 fully saturated rings. The van der Waals surface area contributed by atoms with Gasteiger partial charge in [0.05, 0.1) is 12.7 Å². The number of ether oxygens (including phenoxy) is 1. The lowest BCUT2D eigenvalue weighted by Crippen LogP contribution is -2.24. The van der Waals surface area contributed by atoms with Crippen LogP contribution in [0.4, 0.5) is 5.82 Å². The lowest BCUT2D eigenvalue weighted by atomic mass is 10.2. The van der Waals surface area contributed by atoms with Crippen molar-refractivity contribution in [2.45, 2.75) is 49.3 Å². The fraction of sp³-hybridized carbons (Fsp3) is 0.667. The molecule has 1 aliphatic heterocycles. The molecule has 1 saturated heterocycles. The van der Waals surface area contributed by atoms with Crippen molar-refractivity contribution in [3.8, 4) is 0 Å². The van der Waals surface area contributed by atoms with Gasteiger partial charge in [0.1, 0.15) is 18.7 Å². The van der Waals surface area contributed by atoms with Crippen molar-refractivity contribution in [1.29, 1.82) is 0 Å². The standard InChI is InChI=1S/C15H23N5O3S2/c16-13-12-14(18-8-17-13)20(11-6-9(22)10(7-21)23-11)15(19-12)25-5-3-1-2-4-24/h8-11,21-22,24H,1-7H2,(H2,16,17,18)/t9-,10+,11+/m0/s1. The van der Waals surface area contributed by atoms with Gasteiger partial charge in [-0.1, -0.05) is 18.2 Å². The Labute approximate surface area is 155 Å². The highest BCUT2D eigenvalue weighted by atomic mass is 32.2. The van der Waals surface area contributed by atoms with E-state index in [1.54, 1.807) is 11.8 Å². The summed E-state index contributed by atoms with van der Waals surface area (Å²) in [5, 5.41) is 20.1. The van der Waals surface area contributed by atoms with E-state index in [-0.39, 0.29) is 6.61 Å². The van der Waals surface area contributed by atoms with Gasteiger partial charge in [-0.3, -0.25) is 4.57 Å². The molecule has 0 saturated carbocycles. The van der Waals surface area contributed by atoms with Gasteiger partial charge < -0.3 is 20.7 Å². The van der Waals surface area contributed by atoms with Crippen molar-refractivity contribution in [2.75, 3.05) is 23.8 Å². The van der Waals surface area contributed by atoms with Crippen molar-refractivity contribution >= 4 is 41.4 Å². The molecule has 0 bridgehead atoms. The molecular weight excluding hydrogens is 362 g/mol. The number of nitrogens with two attached hydrogens (primary N) is 1. The summed E-state index contributed by atoms with van der Waals surface area (Å²) in [6.07, 6.45) is 3.27. The van der Waals surface area contributed by atoms with E-state index in [1.807, 2.05) is 4.57 Å². The number of nitrogen functional groups attached to an aromatic ring is 1. The average molecular weight is 386 g/mol. The lowest BCUT2D eigenvalue weighted by Gasteiger charge is -2.16. The van der Waals surface area contributed by atoms with Gasteiger partial charge in [-0.25, -0.2) is 15.0 Å². The molecule has 0 aromatic carbocycles. The summed E-state index contributed by atoms with van der Waals surface area (Å²) in [6.45, 7) is -0.229. The fourth-order valence-electron chi connectivity index (χ4n) is 2.86. The predicted octanol–water partition coefficient (Wildman–Crippen LogP) is 1.24. The summed E-state index contributed by atoms with van der Waals surface area (Å²) in [5.41, 5.74) is 7.06. The highest BCUT2D eigenvalue weighted by molar-refractivity contribution is 7.99. The Kier molecular flexibility index (Phi) is 6.39. The number of unbranched alkanes of at least 4 members (excludes halogenated alkanes) is 2. The molecule has 0 spiro atoms. The first kappa shape index (κ1) is 18.7. The smallest absolute Gasteiger partial charge is 0.172 e. The molecule has 2 aromatic rings. The highest BCUT2D eigenvalue weighted by Gasteiger charge is 2.36. The van der Waals surface area contributed by atoms with Crippen LogP contribution in [0.15, 0.2) is 11.5 Å². The van der Waals surface area contributed by atoms with E-state index in [4.69, 9.17) is 10.5 Å². The second kappa shape index (κ2) is 8.54. The Hall–Kier alpha value is -1.07. The number of hydrogen-bond donors (Lipinski definition) is 4. The van der Waals surface area contributed by atoms with Crippen LogP contribution >= 0.6 is 24.4 Å².